The Morgan fingerprint density at radius 3 is 2.78 bits per heavy atom. The van der Waals surface area contributed by atoms with Crippen molar-refractivity contribution in [3.05, 3.63) is 40.5 Å². The topological polar surface area (TPSA) is 79.5 Å². The summed E-state index contributed by atoms with van der Waals surface area (Å²) < 4.78 is 0. The van der Waals surface area contributed by atoms with Crippen LogP contribution in [0, 0.1) is 0 Å². The maximum absolute atomic E-state index is 12.3. The van der Waals surface area contributed by atoms with Crippen molar-refractivity contribution in [1.29, 1.82) is 0 Å². The van der Waals surface area contributed by atoms with E-state index in [1.54, 1.807) is 35.4 Å². The summed E-state index contributed by atoms with van der Waals surface area (Å²) in [5.41, 5.74) is 6.49. The Hall–Kier alpha value is -1.76. The highest BCUT2D eigenvalue weighted by Crippen LogP contribution is 2.30. The number of hydrogen-bond donors (Lipinski definition) is 2. The van der Waals surface area contributed by atoms with Crippen LogP contribution in [-0.4, -0.2) is 32.1 Å². The van der Waals surface area contributed by atoms with E-state index in [-0.39, 0.29) is 17.2 Å². The molecule has 1 aromatic carbocycles. The molecule has 1 fully saturated rings. The molecule has 0 bridgehead atoms. The molecular weight excluding hydrogens is 353 g/mol. The van der Waals surface area contributed by atoms with E-state index in [1.165, 1.54) is 0 Å². The van der Waals surface area contributed by atoms with Gasteiger partial charge in [0.15, 0.2) is 0 Å². The quantitative estimate of drug-likeness (QED) is 0.809. The van der Waals surface area contributed by atoms with Crippen LogP contribution in [0.15, 0.2) is 30.5 Å². The standard InChI is InChI=1S/C15H15Cl2N3O2Si/c16-10-2-3-11(21)15(14(10)17)23-9-5-13(22)20(7-9)8-1-4-12(18)19-6-8/h1-4,6,9,21H,5,7,23H2,(H2,18,19). The number of carbonyl (C=O) groups excluding carboxylic acids is 1. The number of benzene rings is 1. The summed E-state index contributed by atoms with van der Waals surface area (Å²) in [4.78, 5) is 18.0. The lowest BCUT2D eigenvalue weighted by atomic mass is 10.3. The third kappa shape index (κ3) is 3.29. The van der Waals surface area contributed by atoms with Crippen LogP contribution < -0.4 is 15.8 Å². The average molecular weight is 368 g/mol. The maximum atomic E-state index is 12.3. The summed E-state index contributed by atoms with van der Waals surface area (Å²) in [5, 5.41) is 11.6. The second kappa shape index (κ2) is 6.39. The van der Waals surface area contributed by atoms with E-state index < -0.39 is 9.52 Å². The van der Waals surface area contributed by atoms with E-state index in [0.717, 1.165) is 5.69 Å². The van der Waals surface area contributed by atoms with Crippen molar-refractivity contribution >= 4 is 55.3 Å². The summed E-state index contributed by atoms with van der Waals surface area (Å²) in [7, 11) is -0.965. The number of halogens is 2. The number of pyridine rings is 1. The molecule has 1 amide bonds. The van der Waals surface area contributed by atoms with E-state index in [9.17, 15) is 9.90 Å². The monoisotopic (exact) mass is 367 g/mol. The number of phenolic OH excluding ortho intramolecular Hbond substituents is 1. The van der Waals surface area contributed by atoms with Crippen molar-refractivity contribution in [2.24, 2.45) is 0 Å². The van der Waals surface area contributed by atoms with Gasteiger partial charge < -0.3 is 15.7 Å². The highest BCUT2D eigenvalue weighted by Gasteiger charge is 2.32. The van der Waals surface area contributed by atoms with Crippen molar-refractivity contribution in [3.8, 4) is 5.75 Å². The molecule has 5 nitrogen and oxygen atoms in total. The zero-order valence-electron chi connectivity index (χ0n) is 12.2. The predicted molar refractivity (Wildman–Crippen MR) is 95.7 cm³/mol. The van der Waals surface area contributed by atoms with Gasteiger partial charge in [0.05, 0.1) is 31.4 Å². The summed E-state index contributed by atoms with van der Waals surface area (Å²) in [6.45, 7) is 0.596. The molecule has 1 aliphatic heterocycles. The lowest BCUT2D eigenvalue weighted by molar-refractivity contribution is -0.117. The van der Waals surface area contributed by atoms with Crippen molar-refractivity contribution < 1.29 is 9.90 Å². The lowest BCUT2D eigenvalue weighted by Crippen LogP contribution is -2.26. The number of nitrogens with zero attached hydrogens (tertiary/aromatic N) is 2. The van der Waals surface area contributed by atoms with E-state index in [4.69, 9.17) is 28.9 Å². The Balaban J connectivity index is 1.78. The second-order valence-electron chi connectivity index (χ2n) is 5.58. The first-order valence-electron chi connectivity index (χ1n) is 7.13. The summed E-state index contributed by atoms with van der Waals surface area (Å²) >= 11 is 12.2. The minimum absolute atomic E-state index is 0.0479. The Bertz CT molecular complexity index is 755. The highest BCUT2D eigenvalue weighted by molar-refractivity contribution is 6.63. The summed E-state index contributed by atoms with van der Waals surface area (Å²) in [6.07, 6.45) is 2.04. The minimum Gasteiger partial charge on any atom is -0.508 e. The smallest absolute Gasteiger partial charge is 0.227 e. The number of carbonyl (C=O) groups is 1. The minimum atomic E-state index is -0.965. The van der Waals surface area contributed by atoms with Crippen LogP contribution in [0.2, 0.25) is 15.6 Å². The molecule has 0 radical (unpaired) electrons. The largest absolute Gasteiger partial charge is 0.508 e. The zero-order valence-corrected chi connectivity index (χ0v) is 15.1. The van der Waals surface area contributed by atoms with Crippen LogP contribution in [-0.2, 0) is 4.79 Å². The molecule has 1 unspecified atom stereocenters. The SMILES string of the molecule is Nc1ccc(N2CC([SiH2]c3c(O)ccc(Cl)c3Cl)CC2=O)cn1. The van der Waals surface area contributed by atoms with Crippen molar-refractivity contribution in [1.82, 2.24) is 4.98 Å². The van der Waals surface area contributed by atoms with Gasteiger partial charge in [0.2, 0.25) is 5.91 Å². The Kier molecular flexibility index (Phi) is 4.47. The van der Waals surface area contributed by atoms with Gasteiger partial charge in [0.25, 0.3) is 0 Å². The van der Waals surface area contributed by atoms with Gasteiger partial charge in [-0.05, 0) is 35.0 Å². The molecule has 1 atom stereocenters. The van der Waals surface area contributed by atoms with Crippen LogP contribution in [0.1, 0.15) is 6.42 Å². The Morgan fingerprint density at radius 1 is 1.30 bits per heavy atom. The number of amides is 1. The van der Waals surface area contributed by atoms with E-state index in [2.05, 4.69) is 4.98 Å². The molecule has 1 aromatic heterocycles. The van der Waals surface area contributed by atoms with Gasteiger partial charge in [-0.1, -0.05) is 23.2 Å². The first-order valence-corrected chi connectivity index (χ1v) is 9.41. The molecule has 0 aliphatic carbocycles. The van der Waals surface area contributed by atoms with Gasteiger partial charge in [-0.3, -0.25) is 4.79 Å². The van der Waals surface area contributed by atoms with Crippen molar-refractivity contribution in [2.75, 3.05) is 17.2 Å². The normalized spacial score (nSPS) is 18.3. The molecule has 23 heavy (non-hydrogen) atoms. The van der Waals surface area contributed by atoms with Gasteiger partial charge in [0.1, 0.15) is 11.6 Å². The van der Waals surface area contributed by atoms with Gasteiger partial charge in [-0.25, -0.2) is 4.98 Å². The zero-order chi connectivity index (χ0) is 16.6. The first kappa shape index (κ1) is 16.1. The van der Waals surface area contributed by atoms with Gasteiger partial charge in [-0.15, -0.1) is 0 Å². The number of nitrogen functional groups attached to an aromatic ring is 1. The van der Waals surface area contributed by atoms with E-state index >= 15 is 0 Å². The predicted octanol–water partition coefficient (Wildman–Crippen LogP) is 1.70. The fourth-order valence-electron chi connectivity index (χ4n) is 2.79. The number of anilines is 2. The van der Waals surface area contributed by atoms with Gasteiger partial charge >= 0.3 is 0 Å². The van der Waals surface area contributed by atoms with E-state index in [1.807, 2.05) is 0 Å². The fourth-order valence-corrected chi connectivity index (χ4v) is 5.52. The maximum Gasteiger partial charge on any atom is 0.227 e. The van der Waals surface area contributed by atoms with Crippen LogP contribution in [0.5, 0.6) is 5.75 Å². The number of nitrogens with two attached hydrogens (primary N) is 1. The molecule has 1 saturated heterocycles. The number of aromatic nitrogens is 1. The van der Waals surface area contributed by atoms with E-state index in [0.29, 0.717) is 34.0 Å². The van der Waals surface area contributed by atoms with Crippen LogP contribution in [0.25, 0.3) is 0 Å². The average Bonchev–Trinajstić information content (AvgIpc) is 2.89. The first-order chi connectivity index (χ1) is 11.0. The molecule has 0 spiro atoms. The van der Waals surface area contributed by atoms with Gasteiger partial charge in [-0.2, -0.15) is 0 Å². The number of phenols is 1. The molecule has 3 N–H and O–H groups in total. The third-order valence-electron chi connectivity index (χ3n) is 3.95. The number of aromatic hydroxyl groups is 1. The molecule has 2 aromatic rings. The third-order valence-corrected chi connectivity index (χ3v) is 7.27. The Morgan fingerprint density at radius 2 is 2.09 bits per heavy atom. The number of rotatable bonds is 3. The number of hydrogen-bond acceptors (Lipinski definition) is 4. The molecule has 120 valence electrons. The molecule has 2 heterocycles. The second-order valence-corrected chi connectivity index (χ2v) is 8.63. The van der Waals surface area contributed by atoms with Gasteiger partial charge in [0, 0.05) is 13.0 Å². The van der Waals surface area contributed by atoms with Crippen LogP contribution in [0.3, 0.4) is 0 Å². The fraction of sp³-hybridized carbons (Fsp3) is 0.200. The van der Waals surface area contributed by atoms with Crippen molar-refractivity contribution in [2.45, 2.75) is 12.0 Å². The molecule has 8 heteroatoms. The molecule has 3 rings (SSSR count). The van der Waals surface area contributed by atoms with Crippen molar-refractivity contribution in [3.63, 3.8) is 0 Å². The van der Waals surface area contributed by atoms with Crippen LogP contribution >= 0.6 is 23.2 Å². The Labute approximate surface area is 145 Å². The summed E-state index contributed by atoms with van der Waals surface area (Å²) in [6, 6.07) is 6.58. The molecular formula is C15H15Cl2N3O2Si. The lowest BCUT2D eigenvalue weighted by Gasteiger charge is -2.17. The van der Waals surface area contributed by atoms with Crippen LogP contribution in [0.4, 0.5) is 11.5 Å². The molecule has 0 saturated carbocycles. The summed E-state index contributed by atoms with van der Waals surface area (Å²) in [5.74, 6) is 0.625. The molecule has 1 aliphatic rings. The highest BCUT2D eigenvalue weighted by atomic mass is 35.5.